The smallest absolute Gasteiger partial charge is 0.256 e. The number of amides is 1. The number of aromatic nitrogens is 5. The van der Waals surface area contributed by atoms with Gasteiger partial charge in [0, 0.05) is 56.1 Å². The molecule has 1 saturated heterocycles. The number of piperazine rings is 1. The second-order valence-electron chi connectivity index (χ2n) is 10.00. The Bertz CT molecular complexity index is 1460. The van der Waals surface area contributed by atoms with Crippen LogP contribution in [0.25, 0.3) is 22.2 Å². The van der Waals surface area contributed by atoms with E-state index in [1.165, 1.54) is 0 Å². The van der Waals surface area contributed by atoms with E-state index in [-0.39, 0.29) is 11.9 Å². The van der Waals surface area contributed by atoms with E-state index >= 15 is 0 Å². The molecule has 5 rings (SSSR count). The number of nitrogens with one attached hydrogen (secondary N) is 3. The first kappa shape index (κ1) is 25.7. The number of anilines is 3. The number of hydrogen-bond donors (Lipinski definition) is 3. The predicted molar refractivity (Wildman–Crippen MR) is 149 cm³/mol. The molecule has 1 aliphatic heterocycles. The molecule has 0 aliphatic carbocycles. The number of H-pyrrole nitrogens is 1. The number of aromatic amines is 1. The summed E-state index contributed by atoms with van der Waals surface area (Å²) in [6.07, 6.45) is 5.53. The van der Waals surface area contributed by atoms with E-state index in [0.717, 1.165) is 53.0 Å². The summed E-state index contributed by atoms with van der Waals surface area (Å²) >= 11 is 0. The number of carbonyl (C=O) groups excluding carboxylic acids is 1. The largest absolute Gasteiger partial charge is 0.478 e. The molecule has 38 heavy (non-hydrogen) atoms. The number of aryl methyl sites for hydroxylation is 2. The molecule has 1 amide bonds. The zero-order chi connectivity index (χ0) is 27.0. The summed E-state index contributed by atoms with van der Waals surface area (Å²) in [5, 5.41) is 11.6. The average Bonchev–Trinajstić information content (AvgIpc) is 3.49. The van der Waals surface area contributed by atoms with Crippen molar-refractivity contribution in [3.63, 3.8) is 0 Å². The predicted octanol–water partition coefficient (Wildman–Crippen LogP) is 3.38. The Hall–Kier alpha value is -3.96. The van der Waals surface area contributed by atoms with E-state index in [2.05, 4.69) is 49.5 Å². The summed E-state index contributed by atoms with van der Waals surface area (Å²) in [5.74, 6) is 0.887. The van der Waals surface area contributed by atoms with Crippen LogP contribution in [0.15, 0.2) is 36.8 Å². The molecule has 2 atom stereocenters. The van der Waals surface area contributed by atoms with Crippen molar-refractivity contribution >= 4 is 34.1 Å². The quantitative estimate of drug-likeness (QED) is 0.342. The van der Waals surface area contributed by atoms with Crippen molar-refractivity contribution in [2.24, 2.45) is 7.05 Å². The van der Waals surface area contributed by atoms with Crippen LogP contribution in [0.3, 0.4) is 0 Å². The fourth-order valence-electron chi connectivity index (χ4n) is 4.89. The fourth-order valence-corrected chi connectivity index (χ4v) is 4.89. The minimum Gasteiger partial charge on any atom is -0.478 e. The van der Waals surface area contributed by atoms with E-state index in [4.69, 9.17) is 9.72 Å². The van der Waals surface area contributed by atoms with Crippen LogP contribution in [0.2, 0.25) is 0 Å². The minimum atomic E-state index is -0.224. The lowest BCUT2D eigenvalue weighted by Crippen LogP contribution is -2.55. The number of benzene rings is 1. The van der Waals surface area contributed by atoms with Crippen LogP contribution in [-0.2, 0) is 11.8 Å². The van der Waals surface area contributed by atoms with Gasteiger partial charge >= 0.3 is 0 Å². The number of para-hydroxylation sites is 1. The number of hydrogen-bond acceptors (Lipinski definition) is 8. The van der Waals surface area contributed by atoms with Gasteiger partial charge in [-0.25, -0.2) is 9.97 Å². The molecule has 11 heteroatoms. The fraction of sp³-hybridized carbons (Fsp3) is 0.407. The third-order valence-electron chi connectivity index (χ3n) is 7.35. The lowest BCUT2D eigenvalue weighted by Gasteiger charge is -2.40. The minimum absolute atomic E-state index is 0.0134. The molecular weight excluding hydrogens is 482 g/mol. The number of methoxy groups -OCH3 is 1. The molecule has 4 heterocycles. The van der Waals surface area contributed by atoms with Crippen molar-refractivity contribution in [2.75, 3.05) is 44.4 Å². The van der Waals surface area contributed by atoms with Crippen LogP contribution in [0, 0.1) is 6.92 Å². The van der Waals surface area contributed by atoms with Gasteiger partial charge in [-0.15, -0.1) is 5.10 Å². The summed E-state index contributed by atoms with van der Waals surface area (Å²) in [6.45, 7) is 8.85. The number of nitrogens with zero attached hydrogens (tertiary/aromatic N) is 6. The lowest BCUT2D eigenvalue weighted by molar-refractivity contribution is -0.121. The molecule has 4 aromatic rings. The summed E-state index contributed by atoms with van der Waals surface area (Å²) in [7, 11) is 5.53. The first-order chi connectivity index (χ1) is 18.2. The summed E-state index contributed by atoms with van der Waals surface area (Å²) in [5.41, 5.74) is 4.94. The normalized spacial score (nSPS) is 17.5. The van der Waals surface area contributed by atoms with Crippen LogP contribution in [0.5, 0.6) is 5.88 Å². The van der Waals surface area contributed by atoms with Gasteiger partial charge in [-0.2, -0.15) is 0 Å². The van der Waals surface area contributed by atoms with E-state index in [9.17, 15) is 4.79 Å². The van der Waals surface area contributed by atoms with E-state index < -0.39 is 0 Å². The van der Waals surface area contributed by atoms with Crippen molar-refractivity contribution < 1.29 is 9.53 Å². The Labute approximate surface area is 222 Å². The molecule has 1 aromatic carbocycles. The Morgan fingerprint density at radius 2 is 2.05 bits per heavy atom. The zero-order valence-electron chi connectivity index (χ0n) is 22.7. The Morgan fingerprint density at radius 3 is 2.82 bits per heavy atom. The first-order valence-corrected chi connectivity index (χ1v) is 12.8. The van der Waals surface area contributed by atoms with Gasteiger partial charge in [0.25, 0.3) is 5.88 Å². The highest BCUT2D eigenvalue weighted by Gasteiger charge is 2.28. The molecule has 3 aromatic heterocycles. The van der Waals surface area contributed by atoms with E-state index in [1.807, 2.05) is 51.5 Å². The van der Waals surface area contributed by atoms with Crippen molar-refractivity contribution in [3.8, 4) is 17.1 Å². The summed E-state index contributed by atoms with van der Waals surface area (Å²) in [6, 6.07) is 6.10. The maximum Gasteiger partial charge on any atom is 0.256 e. The van der Waals surface area contributed by atoms with E-state index in [1.54, 1.807) is 18.0 Å². The highest BCUT2D eigenvalue weighted by molar-refractivity contribution is 6.06. The Morgan fingerprint density at radius 1 is 1.24 bits per heavy atom. The molecular formula is C27H35N9O2. The highest BCUT2D eigenvalue weighted by atomic mass is 16.5. The number of likely N-dealkylation sites (N-methyl/N-ethyl adjacent to an activating group) is 1. The second kappa shape index (κ2) is 10.4. The Kier molecular flexibility index (Phi) is 7.04. The lowest BCUT2D eigenvalue weighted by atomic mass is 10.1. The van der Waals surface area contributed by atoms with Crippen LogP contribution >= 0.6 is 0 Å². The first-order valence-electron chi connectivity index (χ1n) is 12.8. The third kappa shape index (κ3) is 4.94. The van der Waals surface area contributed by atoms with Gasteiger partial charge < -0.3 is 25.3 Å². The monoisotopic (exact) mass is 517 g/mol. The molecule has 200 valence electrons. The molecule has 0 bridgehead atoms. The topological polar surface area (TPSA) is 116 Å². The third-order valence-corrected chi connectivity index (χ3v) is 7.35. The highest BCUT2D eigenvalue weighted by Crippen LogP contribution is 2.34. The number of rotatable bonds is 7. The Balaban J connectivity index is 1.40. The molecule has 0 radical (unpaired) electrons. The number of ether oxygens (including phenoxy) is 1. The average molecular weight is 518 g/mol. The SMILES string of the molecule is COc1nn(C)cc1Nc1ncc(C)c(-c2c[nH]c3c(NC(=O)C(C)N4CCN(C)C(C)C4)cccc23)n1. The van der Waals surface area contributed by atoms with Crippen molar-refractivity contribution in [3.05, 3.63) is 42.4 Å². The molecule has 2 unspecified atom stereocenters. The molecule has 0 saturated carbocycles. The van der Waals surface area contributed by atoms with Crippen LogP contribution in [-0.4, -0.2) is 86.3 Å². The standard InChI is InChI=1S/C27H35N9O2/c1-16-12-29-27(31-22-15-35(5)33-26(22)38-6)32-23(16)20-13-28-24-19(20)8-7-9-21(24)30-25(37)18(3)36-11-10-34(4)17(2)14-36/h7-9,12-13,15,17-18,28H,10-11,14H2,1-6H3,(H,30,37)(H,29,31,32). The molecule has 1 fully saturated rings. The van der Waals surface area contributed by atoms with Gasteiger partial charge in [0.15, 0.2) is 0 Å². The van der Waals surface area contributed by atoms with Crippen molar-refractivity contribution in [2.45, 2.75) is 32.9 Å². The van der Waals surface area contributed by atoms with Gasteiger partial charge in [-0.3, -0.25) is 14.4 Å². The van der Waals surface area contributed by atoms with E-state index in [0.29, 0.717) is 23.6 Å². The van der Waals surface area contributed by atoms with Gasteiger partial charge in [0.05, 0.1) is 36.2 Å². The van der Waals surface area contributed by atoms with Gasteiger partial charge in [-0.1, -0.05) is 12.1 Å². The van der Waals surface area contributed by atoms with Crippen LogP contribution < -0.4 is 15.4 Å². The summed E-state index contributed by atoms with van der Waals surface area (Å²) in [4.78, 5) is 30.4. The van der Waals surface area contributed by atoms with Crippen molar-refractivity contribution in [1.29, 1.82) is 0 Å². The molecule has 11 nitrogen and oxygen atoms in total. The van der Waals surface area contributed by atoms with Crippen molar-refractivity contribution in [1.82, 2.24) is 34.5 Å². The van der Waals surface area contributed by atoms with Gasteiger partial charge in [0.2, 0.25) is 11.9 Å². The molecule has 0 spiro atoms. The zero-order valence-corrected chi connectivity index (χ0v) is 22.7. The summed E-state index contributed by atoms with van der Waals surface area (Å²) < 4.78 is 7.00. The van der Waals surface area contributed by atoms with Crippen LogP contribution in [0.1, 0.15) is 19.4 Å². The maximum atomic E-state index is 13.2. The van der Waals surface area contributed by atoms with Gasteiger partial charge in [-0.05, 0) is 39.4 Å². The molecule has 3 N–H and O–H groups in total. The molecule has 1 aliphatic rings. The number of fused-ring (bicyclic) bond motifs is 1. The second-order valence-corrected chi connectivity index (χ2v) is 10.00. The number of carbonyl (C=O) groups is 1. The van der Waals surface area contributed by atoms with Gasteiger partial charge in [0.1, 0.15) is 5.69 Å². The van der Waals surface area contributed by atoms with Crippen LogP contribution in [0.4, 0.5) is 17.3 Å². The maximum absolute atomic E-state index is 13.2.